The summed E-state index contributed by atoms with van der Waals surface area (Å²) in [5.41, 5.74) is 9.15. The van der Waals surface area contributed by atoms with Gasteiger partial charge in [-0.1, -0.05) is 66.7 Å². The summed E-state index contributed by atoms with van der Waals surface area (Å²) in [4.78, 5) is 37.9. The molecule has 3 aromatic rings. The molecule has 1 aliphatic rings. The Morgan fingerprint density at radius 1 is 0.844 bits per heavy atom. The van der Waals surface area contributed by atoms with Crippen LogP contribution in [0, 0.1) is 0 Å². The van der Waals surface area contributed by atoms with E-state index < -0.39 is 12.0 Å². The minimum atomic E-state index is -0.713. The molecule has 6 nitrogen and oxygen atoms in total. The minimum Gasteiger partial charge on any atom is -0.464 e. The predicted molar refractivity (Wildman–Crippen MR) is 122 cm³/mol. The third-order valence-corrected chi connectivity index (χ3v) is 5.43. The van der Waals surface area contributed by atoms with E-state index in [1.54, 1.807) is 42.5 Å². The van der Waals surface area contributed by atoms with Crippen molar-refractivity contribution in [2.75, 3.05) is 18.5 Å². The van der Waals surface area contributed by atoms with Gasteiger partial charge >= 0.3 is 5.97 Å². The number of ketones is 2. The van der Waals surface area contributed by atoms with Gasteiger partial charge in [-0.2, -0.15) is 0 Å². The summed E-state index contributed by atoms with van der Waals surface area (Å²) in [5, 5.41) is 3.20. The zero-order valence-electron chi connectivity index (χ0n) is 17.5. The van der Waals surface area contributed by atoms with E-state index in [9.17, 15) is 14.4 Å². The Balaban J connectivity index is 1.31. The second kappa shape index (κ2) is 9.58. The molecule has 32 heavy (non-hydrogen) atoms. The number of ether oxygens (including phenoxy) is 1. The Labute approximate surface area is 186 Å². The Morgan fingerprint density at radius 3 is 2.25 bits per heavy atom. The molecule has 4 rings (SSSR count). The second-order valence-corrected chi connectivity index (χ2v) is 7.68. The van der Waals surface area contributed by atoms with Crippen molar-refractivity contribution in [2.24, 2.45) is 5.73 Å². The summed E-state index contributed by atoms with van der Waals surface area (Å²) in [6.07, 6.45) is 0.956. The highest BCUT2D eigenvalue weighted by molar-refractivity contribution is 6.30. The molecule has 3 N–H and O–H groups in total. The predicted octanol–water partition coefficient (Wildman–Crippen LogP) is 3.38. The number of carbonyl (C=O) groups is 3. The van der Waals surface area contributed by atoms with Crippen molar-refractivity contribution in [2.45, 2.75) is 18.9 Å². The summed E-state index contributed by atoms with van der Waals surface area (Å²) < 4.78 is 5.29. The van der Waals surface area contributed by atoms with E-state index in [0.717, 1.165) is 5.56 Å². The first-order chi connectivity index (χ1) is 15.6. The number of carbonyl (C=O) groups excluding carboxylic acids is 3. The van der Waals surface area contributed by atoms with E-state index in [2.05, 4.69) is 5.32 Å². The molecule has 0 unspecified atom stereocenters. The van der Waals surface area contributed by atoms with Crippen molar-refractivity contribution in [3.63, 3.8) is 0 Å². The number of hydrogen-bond donors (Lipinski definition) is 2. The van der Waals surface area contributed by atoms with Crippen LogP contribution in [-0.2, 0) is 16.0 Å². The lowest BCUT2D eigenvalue weighted by Gasteiger charge is -2.20. The van der Waals surface area contributed by atoms with Gasteiger partial charge < -0.3 is 15.8 Å². The van der Waals surface area contributed by atoms with E-state index in [1.165, 1.54) is 0 Å². The first-order valence-electron chi connectivity index (χ1n) is 10.6. The molecule has 0 saturated heterocycles. The van der Waals surface area contributed by atoms with Crippen LogP contribution in [0.25, 0.3) is 0 Å². The van der Waals surface area contributed by atoms with E-state index >= 15 is 0 Å². The third kappa shape index (κ3) is 4.45. The fourth-order valence-corrected chi connectivity index (χ4v) is 3.82. The van der Waals surface area contributed by atoms with E-state index in [0.29, 0.717) is 47.3 Å². The molecular weight excluding hydrogens is 404 g/mol. The smallest absolute Gasteiger partial charge is 0.323 e. The maximum atomic E-state index is 13.0. The Bertz CT molecular complexity index is 1160. The summed E-state index contributed by atoms with van der Waals surface area (Å²) in [5.74, 6) is -0.764. The number of nitrogens with two attached hydrogens (primary N) is 1. The monoisotopic (exact) mass is 428 g/mol. The summed E-state index contributed by atoms with van der Waals surface area (Å²) in [7, 11) is 0. The molecule has 162 valence electrons. The van der Waals surface area contributed by atoms with Crippen molar-refractivity contribution in [1.82, 2.24) is 0 Å². The van der Waals surface area contributed by atoms with Crippen LogP contribution in [-0.4, -0.2) is 36.7 Å². The summed E-state index contributed by atoms with van der Waals surface area (Å²) >= 11 is 0. The molecule has 0 bridgehead atoms. The Hall–Kier alpha value is -3.77. The zero-order valence-corrected chi connectivity index (χ0v) is 17.5. The molecular formula is C26H24N2O4. The van der Waals surface area contributed by atoms with E-state index in [1.807, 2.05) is 30.3 Å². The van der Waals surface area contributed by atoms with Crippen LogP contribution in [0.5, 0.6) is 0 Å². The quantitative estimate of drug-likeness (QED) is 0.330. The molecule has 0 fully saturated rings. The number of nitrogens with one attached hydrogen (secondary N) is 1. The second-order valence-electron chi connectivity index (χ2n) is 7.68. The summed E-state index contributed by atoms with van der Waals surface area (Å²) in [6.45, 7) is 0.680. The van der Waals surface area contributed by atoms with Crippen LogP contribution < -0.4 is 11.1 Å². The lowest BCUT2D eigenvalue weighted by atomic mass is 9.83. The molecule has 0 saturated carbocycles. The van der Waals surface area contributed by atoms with Gasteiger partial charge in [0.05, 0.1) is 12.2 Å². The molecule has 0 amide bonds. The molecule has 0 heterocycles. The Kier molecular flexibility index (Phi) is 6.42. The van der Waals surface area contributed by atoms with Gasteiger partial charge in [-0.15, -0.1) is 0 Å². The number of anilines is 1. The van der Waals surface area contributed by atoms with Crippen LogP contribution in [0.2, 0.25) is 0 Å². The zero-order chi connectivity index (χ0) is 22.5. The standard InChI is InChI=1S/C26H24N2O4/c27-21(16-17-8-2-1-3-9-17)26(31)32-15-7-14-28-22-13-6-12-20-23(22)25(30)19-11-5-4-10-18(19)24(20)29/h1-6,8-13,21,28H,7,14-16,27H2/t21-/m1/s1. The van der Waals surface area contributed by atoms with Crippen molar-refractivity contribution >= 4 is 23.2 Å². The van der Waals surface area contributed by atoms with Crippen LogP contribution >= 0.6 is 0 Å². The minimum absolute atomic E-state index is 0.153. The average Bonchev–Trinajstić information content (AvgIpc) is 2.82. The topological polar surface area (TPSA) is 98.5 Å². The van der Waals surface area contributed by atoms with Crippen LogP contribution in [0.1, 0.15) is 43.8 Å². The number of esters is 1. The van der Waals surface area contributed by atoms with Gasteiger partial charge in [-0.3, -0.25) is 14.4 Å². The fraction of sp³-hybridized carbons (Fsp3) is 0.192. The SMILES string of the molecule is N[C@H](Cc1ccccc1)C(=O)OCCCNc1cccc2c1C(=O)c1ccccc1C2=O. The van der Waals surface area contributed by atoms with E-state index in [4.69, 9.17) is 10.5 Å². The van der Waals surface area contributed by atoms with Gasteiger partial charge in [-0.05, 0) is 24.5 Å². The number of benzene rings is 3. The molecule has 0 spiro atoms. The van der Waals surface area contributed by atoms with Gasteiger partial charge in [0.15, 0.2) is 11.6 Å². The van der Waals surface area contributed by atoms with E-state index in [-0.39, 0.29) is 18.2 Å². The molecule has 1 atom stereocenters. The van der Waals surface area contributed by atoms with Gasteiger partial charge in [0.1, 0.15) is 6.04 Å². The fourth-order valence-electron chi connectivity index (χ4n) is 3.82. The van der Waals surface area contributed by atoms with Crippen LogP contribution in [0.3, 0.4) is 0 Å². The molecule has 6 heteroatoms. The van der Waals surface area contributed by atoms with Crippen molar-refractivity contribution in [3.8, 4) is 0 Å². The highest BCUT2D eigenvalue weighted by atomic mass is 16.5. The maximum Gasteiger partial charge on any atom is 0.323 e. The maximum absolute atomic E-state index is 13.0. The van der Waals surface area contributed by atoms with Gasteiger partial charge in [0.2, 0.25) is 0 Å². The van der Waals surface area contributed by atoms with Gasteiger partial charge in [0.25, 0.3) is 0 Å². The highest BCUT2D eigenvalue weighted by Crippen LogP contribution is 2.31. The first-order valence-corrected chi connectivity index (χ1v) is 10.6. The largest absolute Gasteiger partial charge is 0.464 e. The van der Waals surface area contributed by atoms with Crippen molar-refractivity contribution < 1.29 is 19.1 Å². The van der Waals surface area contributed by atoms with Gasteiger partial charge in [0, 0.05) is 28.9 Å². The Morgan fingerprint density at radius 2 is 1.50 bits per heavy atom. The molecule has 0 aliphatic heterocycles. The first kappa shape index (κ1) is 21.5. The number of fused-ring (bicyclic) bond motifs is 2. The molecule has 3 aromatic carbocycles. The lowest BCUT2D eigenvalue weighted by Crippen LogP contribution is -2.34. The van der Waals surface area contributed by atoms with Crippen molar-refractivity contribution in [1.29, 1.82) is 0 Å². The average molecular weight is 428 g/mol. The number of hydrogen-bond acceptors (Lipinski definition) is 6. The summed E-state index contributed by atoms with van der Waals surface area (Å²) in [6, 6.07) is 20.9. The molecule has 1 aliphatic carbocycles. The third-order valence-electron chi connectivity index (χ3n) is 5.43. The normalized spacial score (nSPS) is 13.2. The lowest BCUT2D eigenvalue weighted by molar-refractivity contribution is -0.145. The molecule has 0 radical (unpaired) electrons. The van der Waals surface area contributed by atoms with Crippen LogP contribution in [0.4, 0.5) is 5.69 Å². The number of rotatable bonds is 8. The highest BCUT2D eigenvalue weighted by Gasteiger charge is 2.31. The van der Waals surface area contributed by atoms with Gasteiger partial charge in [-0.25, -0.2) is 0 Å². The molecule has 0 aromatic heterocycles. The van der Waals surface area contributed by atoms with Crippen LogP contribution in [0.15, 0.2) is 72.8 Å². The van der Waals surface area contributed by atoms with Crippen molar-refractivity contribution in [3.05, 3.63) is 101 Å².